The van der Waals surface area contributed by atoms with Gasteiger partial charge >= 0.3 is 5.97 Å². The number of carbonyl (C=O) groups is 3. The fraction of sp³-hybridized carbons (Fsp3) is 0.450. The maximum atomic E-state index is 12.6. The van der Waals surface area contributed by atoms with Crippen LogP contribution in [0.15, 0.2) is 35.9 Å². The lowest BCUT2D eigenvalue weighted by Gasteiger charge is -2.30. The van der Waals surface area contributed by atoms with Gasteiger partial charge in [-0.15, -0.1) is 0 Å². The Bertz CT molecular complexity index is 829. The summed E-state index contributed by atoms with van der Waals surface area (Å²) < 4.78 is 17.6. The van der Waals surface area contributed by atoms with E-state index in [1.807, 2.05) is 6.07 Å². The molecule has 0 aromatic heterocycles. The van der Waals surface area contributed by atoms with Crippen molar-refractivity contribution in [2.45, 2.75) is 31.2 Å². The van der Waals surface area contributed by atoms with E-state index in [1.165, 1.54) is 0 Å². The van der Waals surface area contributed by atoms with Gasteiger partial charge in [0.05, 0.1) is 12.2 Å². The van der Waals surface area contributed by atoms with Gasteiger partial charge < -0.3 is 30.0 Å². The number of aliphatic hydroxyl groups excluding tert-OH is 1. The number of amides is 2. The van der Waals surface area contributed by atoms with Crippen LogP contribution in [0.3, 0.4) is 0 Å². The van der Waals surface area contributed by atoms with Crippen LogP contribution in [0.25, 0.3) is 0 Å². The zero-order valence-corrected chi connectivity index (χ0v) is 18.3. The summed E-state index contributed by atoms with van der Waals surface area (Å²) in [6.45, 7) is 0.235. The predicted octanol–water partition coefficient (Wildman–Crippen LogP) is 0.503. The summed E-state index contributed by atoms with van der Waals surface area (Å²) in [6, 6.07) is 7.03. The minimum atomic E-state index is -0.665. The number of hydrogen-bond acceptors (Lipinski definition) is 7. The number of fused-ring (bicyclic) bond motifs is 1. The van der Waals surface area contributed by atoms with Gasteiger partial charge in [0.15, 0.2) is 0 Å². The normalized spacial score (nSPS) is 22.6. The lowest BCUT2D eigenvalue weighted by molar-refractivity contribution is -0.121. The molecular weight excluding hydrogens is 507 g/mol. The minimum absolute atomic E-state index is 0.0586. The van der Waals surface area contributed by atoms with Gasteiger partial charge in [-0.05, 0) is 46.9 Å². The molecule has 1 saturated heterocycles. The number of aliphatic hydroxyl groups is 1. The first-order chi connectivity index (χ1) is 14.5. The average molecular weight is 530 g/mol. The first kappa shape index (κ1) is 22.7. The van der Waals surface area contributed by atoms with Crippen molar-refractivity contribution in [2.75, 3.05) is 26.5 Å². The molecule has 0 bridgehead atoms. The zero-order chi connectivity index (χ0) is 21.5. The molecule has 3 N–H and O–H groups in total. The summed E-state index contributed by atoms with van der Waals surface area (Å²) in [5.74, 6) is -1.11. The van der Waals surface area contributed by atoms with Crippen molar-refractivity contribution in [1.29, 1.82) is 0 Å². The van der Waals surface area contributed by atoms with E-state index in [-0.39, 0.29) is 51.1 Å². The summed E-state index contributed by atoms with van der Waals surface area (Å²) in [5.41, 5.74) is 0.838. The fourth-order valence-electron chi connectivity index (χ4n) is 3.23. The second-order valence-electron chi connectivity index (χ2n) is 6.81. The summed E-state index contributed by atoms with van der Waals surface area (Å²) in [7, 11) is 0. The van der Waals surface area contributed by atoms with Crippen molar-refractivity contribution >= 4 is 40.4 Å². The molecule has 3 atom stereocenters. The van der Waals surface area contributed by atoms with E-state index in [2.05, 4.69) is 33.2 Å². The van der Waals surface area contributed by atoms with Crippen LogP contribution in [0.5, 0.6) is 0 Å². The molecule has 1 fully saturated rings. The Morgan fingerprint density at radius 3 is 2.80 bits per heavy atom. The molecular formula is C20H23IN2O7. The molecule has 1 aliphatic heterocycles. The summed E-state index contributed by atoms with van der Waals surface area (Å²) >= 11 is 2.12. The lowest BCUT2D eigenvalue weighted by atomic mass is 9.91. The highest BCUT2D eigenvalue weighted by Crippen LogP contribution is 2.30. The molecule has 1 aliphatic carbocycles. The first-order valence-electron chi connectivity index (χ1n) is 9.54. The molecule has 2 amide bonds. The van der Waals surface area contributed by atoms with Crippen LogP contribution in [0.1, 0.15) is 23.2 Å². The number of ether oxygens (including phenoxy) is 3. The van der Waals surface area contributed by atoms with Gasteiger partial charge in [-0.3, -0.25) is 9.59 Å². The second-order valence-corrected chi connectivity index (χ2v) is 8.06. The highest BCUT2D eigenvalue weighted by atomic mass is 127. The minimum Gasteiger partial charge on any atom is -0.456 e. The molecule has 162 valence electrons. The number of nitrogens with one attached hydrogen (secondary N) is 2. The number of esters is 1. The first-order valence-corrected chi connectivity index (χ1v) is 10.6. The van der Waals surface area contributed by atoms with Crippen molar-refractivity contribution in [3.63, 3.8) is 0 Å². The monoisotopic (exact) mass is 530 g/mol. The van der Waals surface area contributed by atoms with Crippen molar-refractivity contribution in [3.05, 3.63) is 45.0 Å². The fourth-order valence-corrected chi connectivity index (χ4v) is 3.78. The maximum absolute atomic E-state index is 12.6. The van der Waals surface area contributed by atoms with Crippen LogP contribution < -0.4 is 10.6 Å². The smallest absolute Gasteiger partial charge is 0.338 e. The Hall–Kier alpha value is -2.02. The lowest BCUT2D eigenvalue weighted by Crippen LogP contribution is -2.43. The Morgan fingerprint density at radius 2 is 2.03 bits per heavy atom. The topological polar surface area (TPSA) is 123 Å². The number of carbonyl (C=O) groups excluding carboxylic acids is 3. The Labute approximate surface area is 187 Å². The molecule has 0 radical (unpaired) electrons. The third-order valence-corrected chi connectivity index (χ3v) is 5.35. The molecule has 10 heteroatoms. The molecule has 1 aromatic carbocycles. The molecule has 0 saturated carbocycles. The zero-order valence-electron chi connectivity index (χ0n) is 16.1. The number of rotatable bonds is 8. The van der Waals surface area contributed by atoms with E-state index in [9.17, 15) is 14.4 Å². The van der Waals surface area contributed by atoms with Crippen LogP contribution in [0.4, 0.5) is 0 Å². The van der Waals surface area contributed by atoms with Gasteiger partial charge in [-0.25, -0.2) is 4.79 Å². The Morgan fingerprint density at radius 1 is 1.20 bits per heavy atom. The summed E-state index contributed by atoms with van der Waals surface area (Å²) in [6.07, 6.45) is 0.327. The van der Waals surface area contributed by atoms with Gasteiger partial charge in [0.25, 0.3) is 0 Å². The van der Waals surface area contributed by atoms with Crippen molar-refractivity contribution in [3.8, 4) is 0 Å². The molecule has 3 unspecified atom stereocenters. The van der Waals surface area contributed by atoms with Crippen molar-refractivity contribution < 1.29 is 33.7 Å². The van der Waals surface area contributed by atoms with E-state index >= 15 is 0 Å². The van der Waals surface area contributed by atoms with E-state index in [4.69, 9.17) is 19.3 Å². The molecule has 9 nitrogen and oxygen atoms in total. The molecule has 30 heavy (non-hydrogen) atoms. The van der Waals surface area contributed by atoms with Crippen molar-refractivity contribution in [1.82, 2.24) is 10.6 Å². The van der Waals surface area contributed by atoms with Gasteiger partial charge in [0.1, 0.15) is 25.1 Å². The number of benzene rings is 1. The van der Waals surface area contributed by atoms with E-state index in [0.717, 1.165) is 3.57 Å². The highest BCUT2D eigenvalue weighted by molar-refractivity contribution is 14.1. The quantitative estimate of drug-likeness (QED) is 0.331. The van der Waals surface area contributed by atoms with Gasteiger partial charge in [-0.1, -0.05) is 6.07 Å². The van der Waals surface area contributed by atoms with Crippen LogP contribution in [0.2, 0.25) is 0 Å². The Balaban J connectivity index is 1.59. The molecule has 0 spiro atoms. The highest BCUT2D eigenvalue weighted by Gasteiger charge is 2.42. The number of halogens is 1. The van der Waals surface area contributed by atoms with E-state index < -0.39 is 24.3 Å². The third-order valence-electron chi connectivity index (χ3n) is 4.68. The average Bonchev–Trinajstić information content (AvgIpc) is 3.21. The third kappa shape index (κ3) is 6.00. The van der Waals surface area contributed by atoms with Crippen molar-refractivity contribution in [2.24, 2.45) is 0 Å². The van der Waals surface area contributed by atoms with Crippen LogP contribution in [-0.2, 0) is 23.8 Å². The van der Waals surface area contributed by atoms with E-state index in [0.29, 0.717) is 11.1 Å². The molecule has 1 heterocycles. The van der Waals surface area contributed by atoms with Gasteiger partial charge in [-0.2, -0.15) is 0 Å². The standard InChI is InChI=1S/C20H23IN2O7/c21-14-3-1-2-12(8-14)20(27)30-16-10-13(9-15-18(16)29-11-28-15)19(26)23-5-4-17(25)22-6-7-24/h1-3,8-9,15-16,18,24H,4-7,10-11H2,(H,22,25)(H,23,26). The predicted molar refractivity (Wildman–Crippen MR) is 113 cm³/mol. The van der Waals surface area contributed by atoms with Gasteiger partial charge in [0, 0.05) is 35.1 Å². The van der Waals surface area contributed by atoms with Crippen LogP contribution >= 0.6 is 22.6 Å². The summed E-state index contributed by atoms with van der Waals surface area (Å²) in [5, 5.41) is 13.9. The van der Waals surface area contributed by atoms with Crippen LogP contribution in [0, 0.1) is 3.57 Å². The maximum Gasteiger partial charge on any atom is 0.338 e. The SMILES string of the molecule is O=C(CCNC(=O)C1=CC2OCOC2C(OC(=O)c2cccc(I)c2)C1)NCCO. The number of hydrogen-bond donors (Lipinski definition) is 3. The molecule has 2 aliphatic rings. The summed E-state index contributed by atoms with van der Waals surface area (Å²) in [4.78, 5) is 36.7. The molecule has 1 aromatic rings. The second kappa shape index (κ2) is 10.8. The van der Waals surface area contributed by atoms with E-state index in [1.54, 1.807) is 24.3 Å². The van der Waals surface area contributed by atoms with Crippen LogP contribution in [-0.4, -0.2) is 67.7 Å². The van der Waals surface area contributed by atoms with Gasteiger partial charge in [0.2, 0.25) is 11.8 Å². The molecule has 3 rings (SSSR count). The Kier molecular flexibility index (Phi) is 8.19. The largest absolute Gasteiger partial charge is 0.456 e.